The zero-order valence-electron chi connectivity index (χ0n) is 12.2. The summed E-state index contributed by atoms with van der Waals surface area (Å²) in [5.74, 6) is 0.00773. The van der Waals surface area contributed by atoms with Crippen molar-refractivity contribution in [1.82, 2.24) is 4.98 Å². The van der Waals surface area contributed by atoms with Crippen LogP contribution in [0.15, 0.2) is 42.6 Å². The third-order valence-corrected chi connectivity index (χ3v) is 3.30. The topological polar surface area (TPSA) is 80.3 Å². The van der Waals surface area contributed by atoms with Gasteiger partial charge < -0.3 is 15.4 Å². The third-order valence-electron chi connectivity index (χ3n) is 3.30. The van der Waals surface area contributed by atoms with Crippen LogP contribution in [0, 0.1) is 0 Å². The van der Waals surface area contributed by atoms with Gasteiger partial charge in [-0.15, -0.1) is 0 Å². The number of rotatable bonds is 2. The van der Waals surface area contributed by atoms with Gasteiger partial charge in [0.05, 0.1) is 5.69 Å². The molecule has 112 valence electrons. The first-order valence-corrected chi connectivity index (χ1v) is 6.83. The molecule has 0 bridgehead atoms. The third kappa shape index (κ3) is 2.63. The smallest absolute Gasteiger partial charge is 0.274 e. The van der Waals surface area contributed by atoms with Gasteiger partial charge in [0, 0.05) is 18.0 Å². The summed E-state index contributed by atoms with van der Waals surface area (Å²) in [5.41, 5.74) is 0.535. The van der Waals surface area contributed by atoms with Crippen LogP contribution >= 0.6 is 0 Å². The van der Waals surface area contributed by atoms with Gasteiger partial charge in [0.15, 0.2) is 5.60 Å². The van der Waals surface area contributed by atoms with E-state index in [9.17, 15) is 9.59 Å². The molecule has 1 aliphatic rings. The van der Waals surface area contributed by atoms with Crippen LogP contribution in [0.5, 0.6) is 5.75 Å². The largest absolute Gasteiger partial charge is 0.476 e. The molecule has 0 radical (unpaired) electrons. The molecule has 0 atom stereocenters. The predicted molar refractivity (Wildman–Crippen MR) is 82.0 cm³/mol. The first kappa shape index (κ1) is 14.1. The maximum Gasteiger partial charge on any atom is 0.274 e. The number of anilines is 2. The van der Waals surface area contributed by atoms with Gasteiger partial charge in [0.25, 0.3) is 11.8 Å². The molecule has 0 fully saturated rings. The van der Waals surface area contributed by atoms with Crippen LogP contribution in [-0.2, 0) is 4.79 Å². The minimum atomic E-state index is -0.948. The van der Waals surface area contributed by atoms with Crippen LogP contribution in [0.25, 0.3) is 0 Å². The highest BCUT2D eigenvalue weighted by Crippen LogP contribution is 2.35. The van der Waals surface area contributed by atoms with E-state index in [-0.39, 0.29) is 11.8 Å². The van der Waals surface area contributed by atoms with Gasteiger partial charge in [-0.25, -0.2) is 0 Å². The Balaban J connectivity index is 1.83. The summed E-state index contributed by atoms with van der Waals surface area (Å²) in [5, 5.41) is 5.53. The predicted octanol–water partition coefficient (Wildman–Crippen LogP) is 2.44. The highest BCUT2D eigenvalue weighted by molar-refractivity contribution is 6.04. The van der Waals surface area contributed by atoms with E-state index in [0.717, 1.165) is 0 Å². The van der Waals surface area contributed by atoms with Crippen LogP contribution in [0.3, 0.4) is 0 Å². The van der Waals surface area contributed by atoms with Crippen molar-refractivity contribution in [3.8, 4) is 5.75 Å². The number of amides is 2. The minimum absolute atomic E-state index is 0.203. The molecule has 0 aliphatic carbocycles. The molecule has 6 heteroatoms. The lowest BCUT2D eigenvalue weighted by atomic mass is 10.1. The van der Waals surface area contributed by atoms with E-state index in [1.54, 1.807) is 56.4 Å². The highest BCUT2D eigenvalue weighted by Gasteiger charge is 2.35. The Morgan fingerprint density at radius 3 is 2.82 bits per heavy atom. The Kier molecular flexibility index (Phi) is 3.29. The molecule has 2 aromatic rings. The van der Waals surface area contributed by atoms with Gasteiger partial charge in [-0.3, -0.25) is 14.6 Å². The molecule has 2 N–H and O–H groups in total. The van der Waals surface area contributed by atoms with Crippen molar-refractivity contribution < 1.29 is 14.3 Å². The molecule has 1 aromatic carbocycles. The summed E-state index contributed by atoms with van der Waals surface area (Å²) in [6.45, 7) is 3.37. The number of nitrogens with zero attached hydrogens (tertiary/aromatic N) is 1. The van der Waals surface area contributed by atoms with Crippen molar-refractivity contribution in [1.29, 1.82) is 0 Å². The molecular formula is C16H15N3O3. The number of ether oxygens (including phenoxy) is 1. The van der Waals surface area contributed by atoms with Gasteiger partial charge >= 0.3 is 0 Å². The molecule has 0 unspecified atom stereocenters. The Morgan fingerprint density at radius 1 is 1.27 bits per heavy atom. The second kappa shape index (κ2) is 5.14. The fraction of sp³-hybridized carbons (Fsp3) is 0.188. The van der Waals surface area contributed by atoms with E-state index < -0.39 is 5.60 Å². The molecule has 3 rings (SSSR count). The summed E-state index contributed by atoms with van der Waals surface area (Å²) >= 11 is 0. The monoisotopic (exact) mass is 297 g/mol. The Labute approximate surface area is 127 Å². The summed E-state index contributed by atoms with van der Waals surface area (Å²) in [6.07, 6.45) is 1.56. The van der Waals surface area contributed by atoms with Gasteiger partial charge in [-0.05, 0) is 38.1 Å². The number of benzene rings is 1. The number of aromatic nitrogens is 1. The van der Waals surface area contributed by atoms with E-state index in [2.05, 4.69) is 15.6 Å². The average molecular weight is 297 g/mol. The molecule has 0 spiro atoms. The normalized spacial score (nSPS) is 15.3. The fourth-order valence-corrected chi connectivity index (χ4v) is 2.07. The highest BCUT2D eigenvalue weighted by atomic mass is 16.5. The number of carbonyl (C=O) groups is 2. The van der Waals surface area contributed by atoms with Gasteiger partial charge in [0.2, 0.25) is 0 Å². The van der Waals surface area contributed by atoms with Crippen molar-refractivity contribution in [2.75, 3.05) is 10.6 Å². The standard InChI is InChI=1S/C16H15N3O3/c1-16(2)15(21)19-11-7-6-10(9-13(11)22-16)18-14(20)12-5-3-4-8-17-12/h3-9H,1-2H3,(H,18,20)(H,19,21). The van der Waals surface area contributed by atoms with E-state index in [1.165, 1.54) is 0 Å². The SMILES string of the molecule is CC1(C)Oc2cc(NC(=O)c3ccccn3)ccc2NC1=O. The molecule has 1 aliphatic heterocycles. The number of fused-ring (bicyclic) bond motifs is 1. The maximum absolute atomic E-state index is 12.1. The first-order valence-electron chi connectivity index (χ1n) is 6.83. The van der Waals surface area contributed by atoms with Gasteiger partial charge in [-0.2, -0.15) is 0 Å². The van der Waals surface area contributed by atoms with Crippen molar-refractivity contribution in [2.24, 2.45) is 0 Å². The zero-order valence-corrected chi connectivity index (χ0v) is 12.2. The average Bonchev–Trinajstić information content (AvgIpc) is 2.49. The number of hydrogen-bond acceptors (Lipinski definition) is 4. The number of pyridine rings is 1. The van der Waals surface area contributed by atoms with Gasteiger partial charge in [-0.1, -0.05) is 6.07 Å². The fourth-order valence-electron chi connectivity index (χ4n) is 2.07. The molecule has 2 amide bonds. The summed E-state index contributed by atoms with van der Waals surface area (Å²) in [7, 11) is 0. The summed E-state index contributed by atoms with van der Waals surface area (Å²) < 4.78 is 5.68. The maximum atomic E-state index is 12.1. The van der Waals surface area contributed by atoms with Crippen LogP contribution in [0.4, 0.5) is 11.4 Å². The lowest BCUT2D eigenvalue weighted by Crippen LogP contribution is -2.45. The Morgan fingerprint density at radius 2 is 2.09 bits per heavy atom. The van der Waals surface area contributed by atoms with Crippen molar-refractivity contribution in [2.45, 2.75) is 19.4 Å². The van der Waals surface area contributed by atoms with Crippen LogP contribution in [0.1, 0.15) is 24.3 Å². The quantitative estimate of drug-likeness (QED) is 0.892. The lowest BCUT2D eigenvalue weighted by molar-refractivity contribution is -0.129. The molecule has 22 heavy (non-hydrogen) atoms. The van der Waals surface area contributed by atoms with Crippen LogP contribution < -0.4 is 15.4 Å². The van der Waals surface area contributed by atoms with Crippen LogP contribution in [0.2, 0.25) is 0 Å². The summed E-state index contributed by atoms with van der Waals surface area (Å²) in [4.78, 5) is 27.9. The zero-order chi connectivity index (χ0) is 15.7. The minimum Gasteiger partial charge on any atom is -0.476 e. The number of hydrogen-bond donors (Lipinski definition) is 2. The second-order valence-electron chi connectivity index (χ2n) is 5.45. The van der Waals surface area contributed by atoms with E-state index >= 15 is 0 Å². The van der Waals surface area contributed by atoms with Gasteiger partial charge in [0.1, 0.15) is 11.4 Å². The molecule has 2 heterocycles. The Bertz CT molecular complexity index is 742. The Hall–Kier alpha value is -2.89. The molecule has 0 saturated carbocycles. The molecule has 1 aromatic heterocycles. The lowest BCUT2D eigenvalue weighted by Gasteiger charge is -2.31. The van der Waals surface area contributed by atoms with E-state index in [4.69, 9.17) is 4.74 Å². The van der Waals surface area contributed by atoms with Crippen LogP contribution in [-0.4, -0.2) is 22.4 Å². The molecular weight excluding hydrogens is 282 g/mol. The van der Waals surface area contributed by atoms with Crippen molar-refractivity contribution >= 4 is 23.2 Å². The number of nitrogens with one attached hydrogen (secondary N) is 2. The summed E-state index contributed by atoms with van der Waals surface area (Å²) in [6, 6.07) is 10.2. The second-order valence-corrected chi connectivity index (χ2v) is 5.45. The van der Waals surface area contributed by atoms with E-state index in [1.807, 2.05) is 0 Å². The number of carbonyl (C=O) groups excluding carboxylic acids is 2. The van der Waals surface area contributed by atoms with Crippen molar-refractivity contribution in [3.63, 3.8) is 0 Å². The van der Waals surface area contributed by atoms with Crippen molar-refractivity contribution in [3.05, 3.63) is 48.3 Å². The van der Waals surface area contributed by atoms with E-state index in [0.29, 0.717) is 22.8 Å². The molecule has 6 nitrogen and oxygen atoms in total. The first-order chi connectivity index (χ1) is 10.5. The molecule has 0 saturated heterocycles.